The van der Waals surface area contributed by atoms with Crippen LogP contribution >= 0.6 is 15.9 Å². The predicted molar refractivity (Wildman–Crippen MR) is 94.1 cm³/mol. The van der Waals surface area contributed by atoms with E-state index in [4.69, 9.17) is 4.74 Å². The fraction of sp³-hybridized carbons (Fsp3) is 0.111. The lowest BCUT2D eigenvalue weighted by atomic mass is 10.0. The average Bonchev–Trinajstić information content (AvgIpc) is 2.53. The summed E-state index contributed by atoms with van der Waals surface area (Å²) in [6.45, 7) is 1.88. The Morgan fingerprint density at radius 2 is 2.04 bits per heavy atom. The highest BCUT2D eigenvalue weighted by Gasteiger charge is 2.11. The van der Waals surface area contributed by atoms with Crippen molar-refractivity contribution >= 4 is 33.6 Å². The summed E-state index contributed by atoms with van der Waals surface area (Å²) in [4.78, 5) is 12.3. The van der Waals surface area contributed by atoms with Crippen molar-refractivity contribution in [3.05, 3.63) is 63.6 Å². The normalized spacial score (nSPS) is 10.8. The zero-order chi connectivity index (χ0) is 16.8. The van der Waals surface area contributed by atoms with Crippen LogP contribution in [0, 0.1) is 18.3 Å². The van der Waals surface area contributed by atoms with E-state index in [1.54, 1.807) is 25.3 Å². The van der Waals surface area contributed by atoms with Crippen molar-refractivity contribution in [2.24, 2.45) is 0 Å². The van der Waals surface area contributed by atoms with E-state index in [-0.39, 0.29) is 5.57 Å². The number of ether oxygens (including phenoxy) is 1. The number of carbonyl (C=O) groups excluding carboxylic acids is 1. The lowest BCUT2D eigenvalue weighted by Gasteiger charge is -2.08. The van der Waals surface area contributed by atoms with Crippen molar-refractivity contribution in [3.8, 4) is 11.8 Å². The Morgan fingerprint density at radius 3 is 2.70 bits per heavy atom. The largest absolute Gasteiger partial charge is 0.496 e. The standard InChI is InChI=1S/C18H15BrN2O2/c1-12-13(5-3-8-17(12)23-2)9-14(11-20)18(22)21-16-7-4-6-15(19)10-16/h3-10H,1-2H3,(H,21,22)/b14-9+. The predicted octanol–water partition coefficient (Wildman–Crippen LogP) is 4.31. The van der Waals surface area contributed by atoms with E-state index in [0.29, 0.717) is 11.4 Å². The van der Waals surface area contributed by atoms with E-state index >= 15 is 0 Å². The van der Waals surface area contributed by atoms with E-state index in [0.717, 1.165) is 15.6 Å². The summed E-state index contributed by atoms with van der Waals surface area (Å²) < 4.78 is 6.10. The summed E-state index contributed by atoms with van der Waals surface area (Å²) in [6, 6.07) is 14.6. The molecule has 0 bridgehead atoms. The fourth-order valence-corrected chi connectivity index (χ4v) is 2.48. The number of nitrogens with zero attached hydrogens (tertiary/aromatic N) is 1. The monoisotopic (exact) mass is 370 g/mol. The molecule has 0 atom stereocenters. The van der Waals surface area contributed by atoms with Crippen LogP contribution in [0.15, 0.2) is 52.5 Å². The van der Waals surface area contributed by atoms with E-state index in [9.17, 15) is 10.1 Å². The van der Waals surface area contributed by atoms with Gasteiger partial charge in [-0.25, -0.2) is 0 Å². The molecule has 1 N–H and O–H groups in total. The van der Waals surface area contributed by atoms with Crippen LogP contribution < -0.4 is 10.1 Å². The second-order valence-corrected chi connectivity index (χ2v) is 5.72. The zero-order valence-corrected chi connectivity index (χ0v) is 14.3. The molecule has 2 rings (SSSR count). The maximum atomic E-state index is 12.3. The minimum Gasteiger partial charge on any atom is -0.496 e. The quantitative estimate of drug-likeness (QED) is 0.644. The second kappa shape index (κ2) is 7.61. The van der Waals surface area contributed by atoms with Gasteiger partial charge in [0.2, 0.25) is 0 Å². The topological polar surface area (TPSA) is 62.1 Å². The smallest absolute Gasteiger partial charge is 0.266 e. The summed E-state index contributed by atoms with van der Waals surface area (Å²) in [5.41, 5.74) is 2.29. The lowest BCUT2D eigenvalue weighted by molar-refractivity contribution is -0.112. The van der Waals surface area contributed by atoms with Crippen molar-refractivity contribution in [1.82, 2.24) is 0 Å². The van der Waals surface area contributed by atoms with Gasteiger partial charge in [-0.3, -0.25) is 4.79 Å². The van der Waals surface area contributed by atoms with Gasteiger partial charge in [-0.1, -0.05) is 34.1 Å². The lowest BCUT2D eigenvalue weighted by Crippen LogP contribution is -2.13. The SMILES string of the molecule is COc1cccc(/C=C(\C#N)C(=O)Nc2cccc(Br)c2)c1C. The molecule has 5 heteroatoms. The van der Waals surface area contributed by atoms with Crippen LogP contribution in [0.5, 0.6) is 5.75 Å². The summed E-state index contributed by atoms with van der Waals surface area (Å²) >= 11 is 3.34. The molecule has 0 aliphatic rings. The minimum atomic E-state index is -0.451. The molecule has 0 aliphatic carbocycles. The number of carbonyl (C=O) groups is 1. The van der Waals surface area contributed by atoms with Gasteiger partial charge in [0.15, 0.2) is 0 Å². The van der Waals surface area contributed by atoms with Crippen LogP contribution in [0.2, 0.25) is 0 Å². The molecule has 0 unspecified atom stereocenters. The number of halogens is 1. The Labute approximate surface area is 143 Å². The highest BCUT2D eigenvalue weighted by Crippen LogP contribution is 2.23. The maximum Gasteiger partial charge on any atom is 0.266 e. The van der Waals surface area contributed by atoms with Gasteiger partial charge in [0.25, 0.3) is 5.91 Å². The maximum absolute atomic E-state index is 12.3. The number of nitriles is 1. The summed E-state index contributed by atoms with van der Waals surface area (Å²) in [6.07, 6.45) is 1.56. The Balaban J connectivity index is 2.29. The van der Waals surface area contributed by atoms with E-state index in [1.165, 1.54) is 0 Å². The Hall–Kier alpha value is -2.58. The third kappa shape index (κ3) is 4.21. The van der Waals surface area contributed by atoms with E-state index in [1.807, 2.05) is 43.3 Å². The summed E-state index contributed by atoms with van der Waals surface area (Å²) in [7, 11) is 1.58. The highest BCUT2D eigenvalue weighted by molar-refractivity contribution is 9.10. The second-order valence-electron chi connectivity index (χ2n) is 4.81. The van der Waals surface area contributed by atoms with Gasteiger partial charge in [0, 0.05) is 10.2 Å². The molecular formula is C18H15BrN2O2. The average molecular weight is 371 g/mol. The number of methoxy groups -OCH3 is 1. The summed E-state index contributed by atoms with van der Waals surface area (Å²) in [5.74, 6) is 0.260. The van der Waals surface area contributed by atoms with Crippen molar-refractivity contribution in [1.29, 1.82) is 5.26 Å². The Morgan fingerprint density at radius 1 is 1.30 bits per heavy atom. The van der Waals surface area contributed by atoms with Crippen molar-refractivity contribution < 1.29 is 9.53 Å². The molecule has 0 saturated heterocycles. The molecule has 0 aromatic heterocycles. The first-order valence-corrected chi connectivity index (χ1v) is 7.66. The molecule has 4 nitrogen and oxygen atoms in total. The first-order valence-electron chi connectivity index (χ1n) is 6.87. The van der Waals surface area contributed by atoms with Gasteiger partial charge < -0.3 is 10.1 Å². The van der Waals surface area contributed by atoms with Crippen LogP contribution in [0.3, 0.4) is 0 Å². The fourth-order valence-electron chi connectivity index (χ4n) is 2.08. The molecule has 1 amide bonds. The molecular weight excluding hydrogens is 356 g/mol. The Kier molecular flexibility index (Phi) is 5.56. The number of nitrogens with one attached hydrogen (secondary N) is 1. The van der Waals surface area contributed by atoms with Gasteiger partial charge >= 0.3 is 0 Å². The minimum absolute atomic E-state index is 0.0290. The first kappa shape index (κ1) is 16.8. The van der Waals surface area contributed by atoms with E-state index < -0.39 is 5.91 Å². The summed E-state index contributed by atoms with van der Waals surface area (Å²) in [5, 5.41) is 12.0. The zero-order valence-electron chi connectivity index (χ0n) is 12.8. The van der Waals surface area contributed by atoms with Crippen LogP contribution in [-0.4, -0.2) is 13.0 Å². The van der Waals surface area contributed by atoms with Gasteiger partial charge in [0.05, 0.1) is 7.11 Å². The van der Waals surface area contributed by atoms with Crippen molar-refractivity contribution in [2.45, 2.75) is 6.92 Å². The van der Waals surface area contributed by atoms with Gasteiger partial charge in [-0.2, -0.15) is 5.26 Å². The number of benzene rings is 2. The molecule has 0 saturated carbocycles. The van der Waals surface area contributed by atoms with Crippen molar-refractivity contribution in [2.75, 3.05) is 12.4 Å². The number of anilines is 1. The number of hydrogen-bond acceptors (Lipinski definition) is 3. The molecule has 0 heterocycles. The van der Waals surface area contributed by atoms with Crippen LogP contribution in [0.4, 0.5) is 5.69 Å². The van der Waals surface area contributed by atoms with Crippen LogP contribution in [-0.2, 0) is 4.79 Å². The number of rotatable bonds is 4. The molecule has 2 aromatic carbocycles. The van der Waals surface area contributed by atoms with Gasteiger partial charge in [-0.05, 0) is 48.4 Å². The van der Waals surface area contributed by atoms with Crippen molar-refractivity contribution in [3.63, 3.8) is 0 Å². The van der Waals surface area contributed by atoms with Crippen LogP contribution in [0.25, 0.3) is 6.08 Å². The number of amides is 1. The molecule has 0 fully saturated rings. The molecule has 116 valence electrons. The molecule has 0 spiro atoms. The Bertz CT molecular complexity index is 807. The third-order valence-corrected chi connectivity index (χ3v) is 3.79. The highest BCUT2D eigenvalue weighted by atomic mass is 79.9. The van der Waals surface area contributed by atoms with Gasteiger partial charge in [-0.15, -0.1) is 0 Å². The molecule has 0 aliphatic heterocycles. The molecule has 23 heavy (non-hydrogen) atoms. The number of hydrogen-bond donors (Lipinski definition) is 1. The molecule has 0 radical (unpaired) electrons. The van der Waals surface area contributed by atoms with Gasteiger partial charge in [0.1, 0.15) is 17.4 Å². The van der Waals surface area contributed by atoms with E-state index in [2.05, 4.69) is 21.2 Å². The van der Waals surface area contributed by atoms with Crippen LogP contribution in [0.1, 0.15) is 11.1 Å². The molecule has 2 aromatic rings. The first-order chi connectivity index (χ1) is 11.0. The third-order valence-electron chi connectivity index (χ3n) is 3.29.